The van der Waals surface area contributed by atoms with Crippen molar-refractivity contribution in [3.05, 3.63) is 72.1 Å². The average Bonchev–Trinajstić information content (AvgIpc) is 3.26. The molecule has 8 heteroatoms. The highest BCUT2D eigenvalue weighted by molar-refractivity contribution is 14.0. The highest BCUT2D eigenvalue weighted by Crippen LogP contribution is 2.29. The van der Waals surface area contributed by atoms with Gasteiger partial charge in [-0.2, -0.15) is 5.10 Å². The molecule has 0 aliphatic rings. The fourth-order valence-corrected chi connectivity index (χ4v) is 2.96. The third kappa shape index (κ3) is 6.38. The quantitative estimate of drug-likeness (QED) is 0.265. The number of methoxy groups -OCH3 is 2. The van der Waals surface area contributed by atoms with Gasteiger partial charge >= 0.3 is 0 Å². The number of halogens is 1. The number of benzene rings is 2. The number of aliphatic imine (C=N–C) groups is 1. The van der Waals surface area contributed by atoms with Gasteiger partial charge in [0.15, 0.2) is 17.5 Å². The molecule has 0 aliphatic heterocycles. The van der Waals surface area contributed by atoms with Crippen molar-refractivity contribution < 1.29 is 9.47 Å². The summed E-state index contributed by atoms with van der Waals surface area (Å²) in [5.74, 6) is 2.05. The van der Waals surface area contributed by atoms with Gasteiger partial charge in [0.2, 0.25) is 0 Å². The predicted molar refractivity (Wildman–Crippen MR) is 131 cm³/mol. The molecule has 2 N–H and O–H groups in total. The van der Waals surface area contributed by atoms with Gasteiger partial charge in [-0.15, -0.1) is 24.0 Å². The van der Waals surface area contributed by atoms with Crippen LogP contribution in [0, 0.1) is 0 Å². The van der Waals surface area contributed by atoms with E-state index in [-0.39, 0.29) is 24.0 Å². The number of nitrogens with zero attached hydrogens (tertiary/aromatic N) is 3. The number of aromatic nitrogens is 2. The lowest BCUT2D eigenvalue weighted by Gasteiger charge is -2.14. The number of hydrogen-bond acceptors (Lipinski definition) is 4. The van der Waals surface area contributed by atoms with Crippen molar-refractivity contribution in [1.29, 1.82) is 0 Å². The Balaban J connectivity index is 0.00000320. The van der Waals surface area contributed by atoms with E-state index < -0.39 is 0 Å². The Morgan fingerprint density at radius 2 is 1.80 bits per heavy atom. The minimum atomic E-state index is 0. The van der Waals surface area contributed by atoms with E-state index in [1.165, 1.54) is 5.56 Å². The van der Waals surface area contributed by atoms with Crippen molar-refractivity contribution in [3.63, 3.8) is 0 Å². The molecule has 1 aromatic heterocycles. The van der Waals surface area contributed by atoms with E-state index in [2.05, 4.69) is 27.9 Å². The lowest BCUT2D eigenvalue weighted by molar-refractivity contribution is 0.355. The van der Waals surface area contributed by atoms with Crippen LogP contribution in [0.1, 0.15) is 18.1 Å². The van der Waals surface area contributed by atoms with Crippen LogP contribution >= 0.6 is 24.0 Å². The molecule has 30 heavy (non-hydrogen) atoms. The number of anilines is 1. The number of guanidine groups is 1. The van der Waals surface area contributed by atoms with Crippen LogP contribution in [-0.4, -0.2) is 36.5 Å². The Bertz CT molecular complexity index is 944. The Hall–Kier alpha value is -2.75. The van der Waals surface area contributed by atoms with E-state index >= 15 is 0 Å². The number of nitrogens with one attached hydrogen (secondary N) is 2. The zero-order valence-electron chi connectivity index (χ0n) is 17.5. The molecule has 0 saturated heterocycles. The summed E-state index contributed by atoms with van der Waals surface area (Å²) in [5, 5.41) is 10.9. The van der Waals surface area contributed by atoms with E-state index in [9.17, 15) is 0 Å². The lowest BCUT2D eigenvalue weighted by Crippen LogP contribution is -2.30. The highest BCUT2D eigenvalue weighted by atomic mass is 127. The van der Waals surface area contributed by atoms with Gasteiger partial charge in [0.1, 0.15) is 0 Å². The van der Waals surface area contributed by atoms with Crippen molar-refractivity contribution in [3.8, 4) is 11.5 Å². The van der Waals surface area contributed by atoms with E-state index in [0.717, 1.165) is 24.3 Å². The smallest absolute Gasteiger partial charge is 0.196 e. The van der Waals surface area contributed by atoms with E-state index in [0.29, 0.717) is 24.0 Å². The number of hydrogen-bond donors (Lipinski definition) is 2. The van der Waals surface area contributed by atoms with E-state index in [1.54, 1.807) is 20.4 Å². The molecule has 3 aromatic rings. The van der Waals surface area contributed by atoms with Crippen molar-refractivity contribution in [2.75, 3.05) is 26.1 Å². The first-order valence-electron chi connectivity index (χ1n) is 9.55. The molecule has 7 nitrogen and oxygen atoms in total. The molecular weight excluding hydrogens is 493 g/mol. The molecule has 0 radical (unpaired) electrons. The van der Waals surface area contributed by atoms with Crippen LogP contribution in [0.15, 0.2) is 65.9 Å². The van der Waals surface area contributed by atoms with Crippen LogP contribution in [0.2, 0.25) is 0 Å². The van der Waals surface area contributed by atoms with Crippen LogP contribution in [0.5, 0.6) is 11.5 Å². The van der Waals surface area contributed by atoms with Crippen molar-refractivity contribution in [2.45, 2.75) is 20.0 Å². The topological polar surface area (TPSA) is 72.7 Å². The van der Waals surface area contributed by atoms with E-state index in [4.69, 9.17) is 14.5 Å². The van der Waals surface area contributed by atoms with Gasteiger partial charge < -0.3 is 20.1 Å². The molecule has 160 valence electrons. The normalized spacial score (nSPS) is 10.8. The van der Waals surface area contributed by atoms with Gasteiger partial charge in [-0.3, -0.25) is 4.68 Å². The maximum Gasteiger partial charge on any atom is 0.196 e. The van der Waals surface area contributed by atoms with Gasteiger partial charge in [0.05, 0.1) is 27.3 Å². The first kappa shape index (κ1) is 23.5. The molecule has 0 aliphatic carbocycles. The number of ether oxygens (including phenoxy) is 2. The van der Waals surface area contributed by atoms with Gasteiger partial charge in [-0.05, 0) is 36.2 Å². The minimum absolute atomic E-state index is 0. The van der Waals surface area contributed by atoms with Crippen LogP contribution in [0.3, 0.4) is 0 Å². The Morgan fingerprint density at radius 1 is 1.03 bits per heavy atom. The second-order valence-corrected chi connectivity index (χ2v) is 6.36. The predicted octanol–water partition coefficient (Wildman–Crippen LogP) is 4.14. The molecule has 0 saturated carbocycles. The summed E-state index contributed by atoms with van der Waals surface area (Å²) in [6, 6.07) is 15.9. The van der Waals surface area contributed by atoms with Gasteiger partial charge in [-0.1, -0.05) is 24.3 Å². The SMILES string of the molecule is CCNC(=NCc1ccccc1Cn1cccn1)Nc1ccc(OC)c(OC)c1.I. The van der Waals surface area contributed by atoms with Crippen LogP contribution in [0.4, 0.5) is 5.69 Å². The highest BCUT2D eigenvalue weighted by Gasteiger charge is 2.07. The molecule has 0 unspecified atom stereocenters. The van der Waals surface area contributed by atoms with Crippen molar-refractivity contribution >= 4 is 35.6 Å². The molecule has 3 rings (SSSR count). The molecule has 0 atom stereocenters. The molecule has 2 aromatic carbocycles. The molecule has 1 heterocycles. The average molecular weight is 521 g/mol. The third-order valence-electron chi connectivity index (χ3n) is 4.41. The molecule has 0 amide bonds. The molecular formula is C22H28IN5O2. The summed E-state index contributed by atoms with van der Waals surface area (Å²) in [4.78, 5) is 4.76. The summed E-state index contributed by atoms with van der Waals surface area (Å²) in [5.41, 5.74) is 3.22. The van der Waals surface area contributed by atoms with Crippen molar-refractivity contribution in [1.82, 2.24) is 15.1 Å². The maximum absolute atomic E-state index is 5.38. The van der Waals surface area contributed by atoms with E-state index in [1.807, 2.05) is 54.2 Å². The Kier molecular flexibility index (Phi) is 9.46. The second-order valence-electron chi connectivity index (χ2n) is 6.36. The van der Waals surface area contributed by atoms with Crippen LogP contribution in [0.25, 0.3) is 0 Å². The van der Waals surface area contributed by atoms with Crippen LogP contribution < -0.4 is 20.1 Å². The standard InChI is InChI=1S/C22H27N5O2.HI/c1-4-23-22(26-19-10-11-20(28-2)21(14-19)29-3)24-15-17-8-5-6-9-18(17)16-27-13-7-12-25-27;/h5-14H,4,15-16H2,1-3H3,(H2,23,24,26);1H. The monoisotopic (exact) mass is 521 g/mol. The summed E-state index contributed by atoms with van der Waals surface area (Å²) < 4.78 is 12.6. The van der Waals surface area contributed by atoms with Crippen molar-refractivity contribution in [2.24, 2.45) is 4.99 Å². The fraction of sp³-hybridized carbons (Fsp3) is 0.273. The summed E-state index contributed by atoms with van der Waals surface area (Å²) >= 11 is 0. The van der Waals surface area contributed by atoms with Gasteiger partial charge in [0.25, 0.3) is 0 Å². The largest absolute Gasteiger partial charge is 0.493 e. The molecule has 0 fully saturated rings. The zero-order chi connectivity index (χ0) is 20.5. The summed E-state index contributed by atoms with van der Waals surface area (Å²) in [6.07, 6.45) is 3.75. The second kappa shape index (κ2) is 12.1. The first-order chi connectivity index (χ1) is 14.2. The summed E-state index contributed by atoms with van der Waals surface area (Å²) in [7, 11) is 3.24. The molecule has 0 spiro atoms. The maximum atomic E-state index is 5.38. The third-order valence-corrected chi connectivity index (χ3v) is 4.41. The van der Waals surface area contributed by atoms with Gasteiger partial charge in [-0.25, -0.2) is 4.99 Å². The zero-order valence-corrected chi connectivity index (χ0v) is 19.8. The van der Waals surface area contributed by atoms with Crippen LogP contribution in [-0.2, 0) is 13.1 Å². The minimum Gasteiger partial charge on any atom is -0.493 e. The first-order valence-corrected chi connectivity index (χ1v) is 9.55. The summed E-state index contributed by atoms with van der Waals surface area (Å²) in [6.45, 7) is 4.07. The number of rotatable bonds is 8. The Morgan fingerprint density at radius 3 is 2.47 bits per heavy atom. The van der Waals surface area contributed by atoms with Gasteiger partial charge in [0, 0.05) is 30.7 Å². The Labute approximate surface area is 194 Å². The molecule has 0 bridgehead atoms. The fourth-order valence-electron chi connectivity index (χ4n) is 2.96. The lowest BCUT2D eigenvalue weighted by atomic mass is 10.1.